The number of rotatable bonds is 5. The molecule has 0 saturated carbocycles. The minimum atomic E-state index is -0.304. The van der Waals surface area contributed by atoms with Gasteiger partial charge >= 0.3 is 0 Å². The van der Waals surface area contributed by atoms with Crippen molar-refractivity contribution < 1.29 is 4.79 Å². The Hall–Kier alpha value is -2.64. The van der Waals surface area contributed by atoms with Crippen molar-refractivity contribution in [3.63, 3.8) is 0 Å². The summed E-state index contributed by atoms with van der Waals surface area (Å²) in [7, 11) is 3.60. The molecule has 0 spiro atoms. The first-order chi connectivity index (χ1) is 9.51. The summed E-state index contributed by atoms with van der Waals surface area (Å²) in [6.07, 6.45) is 1.62. The molecule has 0 unspecified atom stereocenters. The molecule has 2 aromatic rings. The molecule has 0 aliphatic heterocycles. The van der Waals surface area contributed by atoms with Crippen LogP contribution in [0.2, 0.25) is 0 Å². The quantitative estimate of drug-likeness (QED) is 0.706. The van der Waals surface area contributed by atoms with Gasteiger partial charge in [-0.3, -0.25) is 14.7 Å². The van der Waals surface area contributed by atoms with Crippen LogP contribution in [-0.2, 0) is 11.2 Å². The zero-order valence-corrected chi connectivity index (χ0v) is 11.4. The highest BCUT2D eigenvalue weighted by atomic mass is 16.1. The van der Waals surface area contributed by atoms with Gasteiger partial charge in [-0.05, 0) is 0 Å². The highest BCUT2D eigenvalue weighted by molar-refractivity contribution is 5.78. The van der Waals surface area contributed by atoms with Crippen LogP contribution in [0.15, 0.2) is 23.5 Å². The van der Waals surface area contributed by atoms with Gasteiger partial charge in [0.2, 0.25) is 11.9 Å². The molecule has 0 bridgehead atoms. The number of H-pyrrole nitrogens is 1. The van der Waals surface area contributed by atoms with Crippen LogP contribution in [0.25, 0.3) is 5.78 Å². The van der Waals surface area contributed by atoms with Gasteiger partial charge in [-0.25, -0.2) is 4.98 Å². The van der Waals surface area contributed by atoms with Crippen molar-refractivity contribution in [3.8, 4) is 0 Å². The summed E-state index contributed by atoms with van der Waals surface area (Å²) in [5, 5.41) is 5.45. The molecule has 20 heavy (non-hydrogen) atoms. The Balaban J connectivity index is 2.30. The van der Waals surface area contributed by atoms with Crippen molar-refractivity contribution in [2.24, 2.45) is 0 Å². The molecular formula is C12H16N6O2. The van der Waals surface area contributed by atoms with Crippen LogP contribution < -0.4 is 15.8 Å². The second-order valence-electron chi connectivity index (χ2n) is 4.43. The largest absolute Gasteiger partial charge is 0.352 e. The Morgan fingerprint density at radius 1 is 1.55 bits per heavy atom. The summed E-state index contributed by atoms with van der Waals surface area (Å²) < 4.78 is 1.24. The SMILES string of the molecule is C=CCNC(=O)Cc1cc(=O)n2[nH]c(N(C)C)nc2n1. The van der Waals surface area contributed by atoms with Crippen molar-refractivity contribution >= 4 is 17.6 Å². The zero-order valence-electron chi connectivity index (χ0n) is 11.4. The lowest BCUT2D eigenvalue weighted by molar-refractivity contribution is -0.120. The number of anilines is 1. The summed E-state index contributed by atoms with van der Waals surface area (Å²) >= 11 is 0. The Morgan fingerprint density at radius 3 is 2.95 bits per heavy atom. The molecule has 8 heteroatoms. The van der Waals surface area contributed by atoms with Gasteiger partial charge in [-0.15, -0.1) is 6.58 Å². The molecule has 0 aliphatic rings. The second-order valence-corrected chi connectivity index (χ2v) is 4.43. The van der Waals surface area contributed by atoms with Gasteiger partial charge in [0.05, 0.1) is 12.1 Å². The third-order valence-electron chi connectivity index (χ3n) is 2.58. The number of nitrogens with zero attached hydrogens (tertiary/aromatic N) is 4. The molecule has 2 rings (SSSR count). The summed E-state index contributed by atoms with van der Waals surface area (Å²) in [5.41, 5.74) is 0.0792. The first-order valence-electron chi connectivity index (χ1n) is 6.05. The maximum Gasteiger partial charge on any atom is 0.274 e. The van der Waals surface area contributed by atoms with Crippen molar-refractivity contribution in [1.29, 1.82) is 0 Å². The van der Waals surface area contributed by atoms with Gasteiger partial charge in [-0.2, -0.15) is 9.50 Å². The Bertz CT molecular complexity index is 700. The molecule has 2 N–H and O–H groups in total. The Morgan fingerprint density at radius 2 is 2.30 bits per heavy atom. The molecule has 0 saturated heterocycles. The zero-order chi connectivity index (χ0) is 14.7. The van der Waals surface area contributed by atoms with Crippen molar-refractivity contribution in [1.82, 2.24) is 24.9 Å². The molecule has 0 radical (unpaired) electrons. The lowest BCUT2D eigenvalue weighted by Crippen LogP contribution is -2.26. The van der Waals surface area contributed by atoms with E-state index in [-0.39, 0.29) is 23.7 Å². The number of aromatic nitrogens is 4. The maximum absolute atomic E-state index is 11.9. The third-order valence-corrected chi connectivity index (χ3v) is 2.58. The van der Waals surface area contributed by atoms with Crippen LogP contribution >= 0.6 is 0 Å². The number of aromatic amines is 1. The number of carbonyl (C=O) groups excluding carboxylic acids is 1. The molecule has 106 valence electrons. The molecule has 0 aliphatic carbocycles. The number of hydrogen-bond donors (Lipinski definition) is 2. The molecular weight excluding hydrogens is 260 g/mol. The van der Waals surface area contributed by atoms with Crippen molar-refractivity contribution in [2.45, 2.75) is 6.42 Å². The highest BCUT2D eigenvalue weighted by Gasteiger charge is 2.11. The van der Waals surface area contributed by atoms with Crippen LogP contribution in [0.3, 0.4) is 0 Å². The van der Waals surface area contributed by atoms with Gasteiger partial charge < -0.3 is 10.2 Å². The summed E-state index contributed by atoms with van der Waals surface area (Å²) in [4.78, 5) is 33.6. The standard InChI is InChI=1S/C12H16N6O2/c1-4-5-13-9(19)6-8-7-10(20)18-11(14-8)15-12(16-18)17(2)3/h4,7H,1,5-6H2,2-3H3,(H,13,19)(H,14,15,16). The van der Waals surface area contributed by atoms with E-state index in [0.29, 0.717) is 18.2 Å². The number of nitrogens with one attached hydrogen (secondary N) is 2. The smallest absolute Gasteiger partial charge is 0.274 e. The lowest BCUT2D eigenvalue weighted by Gasteiger charge is -2.04. The third kappa shape index (κ3) is 2.85. The van der Waals surface area contributed by atoms with Crippen LogP contribution in [0.5, 0.6) is 0 Å². The van der Waals surface area contributed by atoms with Gasteiger partial charge in [0, 0.05) is 26.7 Å². The maximum atomic E-state index is 11.9. The normalized spacial score (nSPS) is 10.5. The molecule has 0 atom stereocenters. The van der Waals surface area contributed by atoms with Crippen LogP contribution in [-0.4, -0.2) is 46.1 Å². The first kappa shape index (κ1) is 13.8. The van der Waals surface area contributed by atoms with E-state index in [1.165, 1.54) is 10.6 Å². The second kappa shape index (κ2) is 5.55. The predicted molar refractivity (Wildman–Crippen MR) is 74.8 cm³/mol. The number of amides is 1. The van der Waals surface area contributed by atoms with E-state index in [9.17, 15) is 9.59 Å². The fourth-order valence-corrected chi connectivity index (χ4v) is 1.62. The molecule has 8 nitrogen and oxygen atoms in total. The van der Waals surface area contributed by atoms with E-state index >= 15 is 0 Å². The van der Waals surface area contributed by atoms with Crippen molar-refractivity contribution in [3.05, 3.63) is 34.8 Å². The Kier molecular flexibility index (Phi) is 3.83. The molecule has 0 aromatic carbocycles. The predicted octanol–water partition coefficient (Wildman–Crippen LogP) is -0.672. The van der Waals surface area contributed by atoms with Crippen LogP contribution in [0, 0.1) is 0 Å². The van der Waals surface area contributed by atoms with E-state index in [0.717, 1.165) is 0 Å². The molecule has 2 heterocycles. The first-order valence-corrected chi connectivity index (χ1v) is 6.05. The van der Waals surface area contributed by atoms with Crippen molar-refractivity contribution in [2.75, 3.05) is 25.5 Å². The molecule has 2 aromatic heterocycles. The van der Waals surface area contributed by atoms with Gasteiger partial charge in [0.1, 0.15) is 0 Å². The molecule has 1 amide bonds. The van der Waals surface area contributed by atoms with E-state index < -0.39 is 0 Å². The van der Waals surface area contributed by atoms with E-state index in [1.54, 1.807) is 25.1 Å². The number of fused-ring (bicyclic) bond motifs is 1. The monoisotopic (exact) mass is 276 g/mol. The topological polar surface area (TPSA) is 95.4 Å². The van der Waals surface area contributed by atoms with Gasteiger partial charge in [0.15, 0.2) is 0 Å². The van der Waals surface area contributed by atoms with Crippen LogP contribution in [0.4, 0.5) is 5.95 Å². The summed E-state index contributed by atoms with van der Waals surface area (Å²) in [6, 6.07) is 1.32. The van der Waals surface area contributed by atoms with Gasteiger partial charge in [-0.1, -0.05) is 6.08 Å². The van der Waals surface area contributed by atoms with E-state index in [4.69, 9.17) is 0 Å². The van der Waals surface area contributed by atoms with Gasteiger partial charge in [0.25, 0.3) is 11.3 Å². The van der Waals surface area contributed by atoms with Crippen LogP contribution in [0.1, 0.15) is 5.69 Å². The average Bonchev–Trinajstić information content (AvgIpc) is 2.81. The van der Waals surface area contributed by atoms with E-state index in [2.05, 4.69) is 27.0 Å². The minimum Gasteiger partial charge on any atom is -0.352 e. The fourth-order valence-electron chi connectivity index (χ4n) is 1.62. The Labute approximate surface area is 115 Å². The average molecular weight is 276 g/mol. The number of carbonyl (C=O) groups is 1. The lowest BCUT2D eigenvalue weighted by atomic mass is 10.3. The van der Waals surface area contributed by atoms with E-state index in [1.807, 2.05) is 0 Å². The molecule has 0 fully saturated rings. The summed E-state index contributed by atoms with van der Waals surface area (Å²) in [5.74, 6) is 0.542. The highest BCUT2D eigenvalue weighted by Crippen LogP contribution is 2.04. The minimum absolute atomic E-state index is 0.0315. The fraction of sp³-hybridized carbons (Fsp3) is 0.333. The summed E-state index contributed by atoms with van der Waals surface area (Å²) in [6.45, 7) is 3.89. The number of hydrogen-bond acceptors (Lipinski definition) is 5.